The van der Waals surface area contributed by atoms with E-state index in [1.165, 1.54) is 12.5 Å². The summed E-state index contributed by atoms with van der Waals surface area (Å²) in [5.41, 5.74) is 4.31. The molecular formula is C19H32F3N3OS. The van der Waals surface area contributed by atoms with Gasteiger partial charge in [-0.25, -0.2) is 4.99 Å². The van der Waals surface area contributed by atoms with E-state index in [0.717, 1.165) is 38.2 Å². The van der Waals surface area contributed by atoms with Crippen LogP contribution >= 0.6 is 11.8 Å². The molecule has 27 heavy (non-hydrogen) atoms. The Bertz CT molecular complexity index is 539. The van der Waals surface area contributed by atoms with Crippen molar-refractivity contribution >= 4 is 18.1 Å². The number of thioether (sulfide) groups is 1. The number of allylic oxidation sites excluding steroid dienone is 1. The number of halogens is 3. The van der Waals surface area contributed by atoms with Gasteiger partial charge in [0.2, 0.25) is 0 Å². The Kier molecular flexibility index (Phi) is 8.06. The predicted molar refractivity (Wildman–Crippen MR) is 106 cm³/mol. The van der Waals surface area contributed by atoms with E-state index in [2.05, 4.69) is 23.7 Å². The van der Waals surface area contributed by atoms with Gasteiger partial charge < -0.3 is 10.5 Å². The molecule has 0 aromatic carbocycles. The van der Waals surface area contributed by atoms with Crippen molar-refractivity contribution in [1.82, 2.24) is 4.90 Å². The highest BCUT2D eigenvalue weighted by atomic mass is 32.2. The van der Waals surface area contributed by atoms with Crippen molar-refractivity contribution in [2.45, 2.75) is 82.0 Å². The highest BCUT2D eigenvalue weighted by Crippen LogP contribution is 2.44. The maximum Gasteiger partial charge on any atom is 0.433 e. The van der Waals surface area contributed by atoms with Crippen LogP contribution in [0.5, 0.6) is 0 Å². The van der Waals surface area contributed by atoms with Crippen molar-refractivity contribution in [2.75, 3.05) is 18.9 Å². The molecule has 0 amide bonds. The van der Waals surface area contributed by atoms with Gasteiger partial charge in [-0.15, -0.1) is 0 Å². The van der Waals surface area contributed by atoms with Crippen LogP contribution in [0, 0.1) is 0 Å². The molecule has 3 atom stereocenters. The topological polar surface area (TPSA) is 50.9 Å². The first-order valence-electron chi connectivity index (χ1n) is 9.75. The first-order valence-corrected chi connectivity index (χ1v) is 10.8. The van der Waals surface area contributed by atoms with Crippen LogP contribution in [0.25, 0.3) is 0 Å². The van der Waals surface area contributed by atoms with Crippen molar-refractivity contribution in [2.24, 2.45) is 10.7 Å². The van der Waals surface area contributed by atoms with E-state index in [9.17, 15) is 13.2 Å². The second kappa shape index (κ2) is 9.65. The number of hydrogen-bond donors (Lipinski definition) is 1. The average molecular weight is 408 g/mol. The lowest BCUT2D eigenvalue weighted by Gasteiger charge is -2.35. The fraction of sp³-hybridized carbons (Fsp3) is 0.842. The minimum Gasteiger partial charge on any atom is -0.390 e. The molecule has 4 nitrogen and oxygen atoms in total. The first kappa shape index (κ1) is 22.6. The van der Waals surface area contributed by atoms with Crippen LogP contribution in [-0.4, -0.2) is 59.3 Å². The van der Waals surface area contributed by atoms with Crippen LogP contribution in [0.3, 0.4) is 0 Å². The summed E-state index contributed by atoms with van der Waals surface area (Å²) in [5.74, 6) is 0.829. The molecule has 2 aliphatic rings. The molecule has 156 valence electrons. The van der Waals surface area contributed by atoms with E-state index in [0.29, 0.717) is 18.8 Å². The van der Waals surface area contributed by atoms with Crippen LogP contribution in [0.15, 0.2) is 16.8 Å². The summed E-state index contributed by atoms with van der Waals surface area (Å²) >= 11 is 1.59. The molecule has 0 aliphatic carbocycles. The molecule has 2 saturated heterocycles. The lowest BCUT2D eigenvalue weighted by Crippen LogP contribution is -2.47. The Morgan fingerprint density at radius 2 is 2.15 bits per heavy atom. The summed E-state index contributed by atoms with van der Waals surface area (Å²) in [4.78, 5) is 5.87. The standard InChI is InChI=1S/C19H32F3N3OS/c1-4-16(10-17(24-13-23)19(20,21)22)27-11-15-6-8-18(12-26-14(2)3)7-5-9-25(15)18/h10,13-16H,4-9,11-12H2,1-3H3,(H2,23,24)/b17-10-/t15-,16?,18-/m0/s1. The van der Waals surface area contributed by atoms with Crippen molar-refractivity contribution in [3.8, 4) is 0 Å². The van der Waals surface area contributed by atoms with Crippen LogP contribution in [0.4, 0.5) is 13.2 Å². The number of fused-ring (bicyclic) bond motifs is 1. The van der Waals surface area contributed by atoms with E-state index in [4.69, 9.17) is 10.5 Å². The quantitative estimate of drug-likeness (QED) is 0.456. The first-order chi connectivity index (χ1) is 12.7. The molecule has 2 heterocycles. The van der Waals surface area contributed by atoms with Gasteiger partial charge in [0.15, 0.2) is 0 Å². The number of nitrogens with zero attached hydrogens (tertiary/aromatic N) is 2. The van der Waals surface area contributed by atoms with Gasteiger partial charge in [0.05, 0.1) is 19.0 Å². The van der Waals surface area contributed by atoms with E-state index in [-0.39, 0.29) is 16.9 Å². The van der Waals surface area contributed by atoms with Gasteiger partial charge in [0.1, 0.15) is 5.70 Å². The zero-order chi connectivity index (χ0) is 20.1. The normalized spacial score (nSPS) is 28.4. The fourth-order valence-corrected chi connectivity index (χ4v) is 5.37. The Labute approximate surface area is 164 Å². The largest absolute Gasteiger partial charge is 0.433 e. The van der Waals surface area contributed by atoms with Crippen molar-refractivity contribution in [3.63, 3.8) is 0 Å². The van der Waals surface area contributed by atoms with Crippen molar-refractivity contribution in [3.05, 3.63) is 11.8 Å². The summed E-state index contributed by atoms with van der Waals surface area (Å²) < 4.78 is 45.1. The molecule has 0 bridgehead atoms. The van der Waals surface area contributed by atoms with Gasteiger partial charge >= 0.3 is 6.18 Å². The highest BCUT2D eigenvalue weighted by molar-refractivity contribution is 8.00. The fourth-order valence-electron chi connectivity index (χ4n) is 4.10. The number of rotatable bonds is 9. The molecule has 8 heteroatoms. The zero-order valence-electron chi connectivity index (χ0n) is 16.5. The lowest BCUT2D eigenvalue weighted by atomic mass is 9.95. The lowest BCUT2D eigenvalue weighted by molar-refractivity contribution is -0.0925. The molecule has 2 aliphatic heterocycles. The monoisotopic (exact) mass is 407 g/mol. The number of ether oxygens (including phenoxy) is 1. The van der Waals surface area contributed by atoms with Crippen LogP contribution in [0.2, 0.25) is 0 Å². The molecule has 1 unspecified atom stereocenters. The van der Waals surface area contributed by atoms with Gasteiger partial charge in [-0.2, -0.15) is 24.9 Å². The Morgan fingerprint density at radius 1 is 1.41 bits per heavy atom. The number of nitrogens with two attached hydrogens (primary N) is 1. The average Bonchev–Trinajstić information content (AvgIpc) is 3.14. The summed E-state index contributed by atoms with van der Waals surface area (Å²) in [5, 5.41) is -0.227. The second-order valence-corrected chi connectivity index (χ2v) is 8.95. The number of hydrogen-bond acceptors (Lipinski definition) is 4. The predicted octanol–water partition coefficient (Wildman–Crippen LogP) is 4.35. The molecule has 0 saturated carbocycles. The Hall–Kier alpha value is -0.730. The summed E-state index contributed by atoms with van der Waals surface area (Å²) in [6.07, 6.45) is 2.81. The Balaban J connectivity index is 1.98. The highest BCUT2D eigenvalue weighted by Gasteiger charge is 2.49. The van der Waals surface area contributed by atoms with Crippen LogP contribution in [0.1, 0.15) is 52.9 Å². The summed E-state index contributed by atoms with van der Waals surface area (Å²) in [7, 11) is 0. The third-order valence-electron chi connectivity index (χ3n) is 5.47. The second-order valence-electron chi connectivity index (χ2n) is 7.68. The van der Waals surface area contributed by atoms with Crippen molar-refractivity contribution in [1.29, 1.82) is 0 Å². The SMILES string of the molecule is CCC(/C=C(\N=CN)C(F)(F)F)SC[C@@H]1CC[C@]2(COC(C)C)CCCN12. The molecule has 0 aromatic heterocycles. The van der Waals surface area contributed by atoms with Gasteiger partial charge in [-0.05, 0) is 58.6 Å². The van der Waals surface area contributed by atoms with Gasteiger partial charge in [0.25, 0.3) is 0 Å². The maximum absolute atomic E-state index is 13.1. The van der Waals surface area contributed by atoms with Gasteiger partial charge in [-0.1, -0.05) is 6.92 Å². The molecule has 2 N–H and O–H groups in total. The molecule has 2 rings (SSSR count). The number of aliphatic imine (C=N–C) groups is 1. The van der Waals surface area contributed by atoms with E-state index in [1.54, 1.807) is 11.8 Å². The third kappa shape index (κ3) is 5.87. The maximum atomic E-state index is 13.1. The molecular weight excluding hydrogens is 375 g/mol. The van der Waals surface area contributed by atoms with E-state index >= 15 is 0 Å². The summed E-state index contributed by atoms with van der Waals surface area (Å²) in [6.45, 7) is 7.83. The number of alkyl halides is 3. The van der Waals surface area contributed by atoms with Crippen LogP contribution < -0.4 is 5.73 Å². The van der Waals surface area contributed by atoms with Crippen LogP contribution in [-0.2, 0) is 4.74 Å². The molecule has 0 radical (unpaired) electrons. The third-order valence-corrected chi connectivity index (χ3v) is 6.95. The minimum absolute atomic E-state index is 0.133. The minimum atomic E-state index is -4.48. The molecule has 2 fully saturated rings. The zero-order valence-corrected chi connectivity index (χ0v) is 17.3. The van der Waals surface area contributed by atoms with Crippen molar-refractivity contribution < 1.29 is 17.9 Å². The van der Waals surface area contributed by atoms with E-state index < -0.39 is 11.9 Å². The smallest absolute Gasteiger partial charge is 0.390 e. The van der Waals surface area contributed by atoms with Gasteiger partial charge in [-0.3, -0.25) is 4.90 Å². The molecule has 0 spiro atoms. The van der Waals surface area contributed by atoms with Gasteiger partial charge in [0, 0.05) is 22.6 Å². The molecule has 0 aromatic rings. The van der Waals surface area contributed by atoms with E-state index in [1.807, 2.05) is 6.92 Å². The Morgan fingerprint density at radius 3 is 2.74 bits per heavy atom. The summed E-state index contributed by atoms with van der Waals surface area (Å²) in [6, 6.07) is 0.406.